The highest BCUT2D eigenvalue weighted by Crippen LogP contribution is 2.03. The van der Waals surface area contributed by atoms with Crippen LogP contribution < -0.4 is 21.7 Å². The van der Waals surface area contributed by atoms with E-state index in [4.69, 9.17) is 0 Å². The van der Waals surface area contributed by atoms with E-state index in [1.165, 1.54) is 0 Å². The summed E-state index contributed by atoms with van der Waals surface area (Å²) in [6, 6.07) is -0.916. The molecule has 0 aliphatic carbocycles. The summed E-state index contributed by atoms with van der Waals surface area (Å²) < 4.78 is 0. The predicted octanol–water partition coefficient (Wildman–Crippen LogP) is -2.99. The van der Waals surface area contributed by atoms with Crippen molar-refractivity contribution in [2.45, 2.75) is 25.9 Å². The molecule has 102 valence electrons. The van der Waals surface area contributed by atoms with Crippen molar-refractivity contribution >= 4 is 25.6 Å². The second-order valence-corrected chi connectivity index (χ2v) is 3.21. The molecule has 10 nitrogen and oxygen atoms in total. The molecule has 0 aliphatic rings. The minimum Gasteiger partial charge on any atom is -0.277 e. The third-order valence-corrected chi connectivity index (χ3v) is 2.28. The Labute approximate surface area is 104 Å². The fraction of sp³-hybridized carbons (Fsp3) is 0.500. The molecular formula is C8H16N6O4. The molecule has 0 heterocycles. The predicted molar refractivity (Wildman–Crippen MR) is 59.4 cm³/mol. The van der Waals surface area contributed by atoms with E-state index in [-0.39, 0.29) is 0 Å². The highest BCUT2D eigenvalue weighted by Gasteiger charge is 2.25. The molecule has 0 fully saturated rings. The summed E-state index contributed by atoms with van der Waals surface area (Å²) in [7, 11) is 0. The average Bonchev–Trinajstić information content (AvgIpc) is 2.36. The zero-order chi connectivity index (χ0) is 14.0. The van der Waals surface area contributed by atoms with E-state index in [1.807, 2.05) is 0 Å². The van der Waals surface area contributed by atoms with Crippen molar-refractivity contribution in [3.63, 3.8) is 0 Å². The molecule has 18 heavy (non-hydrogen) atoms. The minimum atomic E-state index is -0.458. The molecule has 0 rings (SSSR count). The van der Waals surface area contributed by atoms with Crippen LogP contribution in [0.4, 0.5) is 0 Å². The molecule has 0 aromatic heterocycles. The zero-order valence-corrected chi connectivity index (χ0v) is 9.99. The zero-order valence-electron chi connectivity index (χ0n) is 9.99. The van der Waals surface area contributed by atoms with Gasteiger partial charge in [-0.15, -0.1) is 10.2 Å². The second kappa shape index (κ2) is 8.90. The second-order valence-electron chi connectivity index (χ2n) is 3.21. The van der Waals surface area contributed by atoms with Gasteiger partial charge in [0.2, 0.25) is 25.6 Å². The number of rotatable bonds is 11. The van der Waals surface area contributed by atoms with E-state index in [0.29, 0.717) is 25.6 Å². The summed E-state index contributed by atoms with van der Waals surface area (Å²) >= 11 is 0. The van der Waals surface area contributed by atoms with Crippen molar-refractivity contribution in [2.24, 2.45) is 0 Å². The van der Waals surface area contributed by atoms with Gasteiger partial charge < -0.3 is 0 Å². The lowest BCUT2D eigenvalue weighted by molar-refractivity contribution is -0.131. The lowest BCUT2D eigenvalue weighted by atomic mass is 10.2. The van der Waals surface area contributed by atoms with Gasteiger partial charge in [-0.05, 0) is 13.8 Å². The van der Waals surface area contributed by atoms with Gasteiger partial charge in [0.15, 0.2) is 0 Å². The van der Waals surface area contributed by atoms with Gasteiger partial charge in [-0.2, -0.15) is 0 Å². The van der Waals surface area contributed by atoms with Gasteiger partial charge in [-0.3, -0.25) is 40.9 Å². The van der Waals surface area contributed by atoms with Crippen LogP contribution in [0.1, 0.15) is 13.8 Å². The molecule has 0 aliphatic heterocycles. The van der Waals surface area contributed by atoms with Crippen molar-refractivity contribution in [1.82, 2.24) is 31.9 Å². The summed E-state index contributed by atoms with van der Waals surface area (Å²) in [5, 5.41) is 2.24. The van der Waals surface area contributed by atoms with Gasteiger partial charge in [0.25, 0.3) is 0 Å². The molecule has 0 bridgehead atoms. The standard InChI is InChI=1S/C8H16N6O4/c1-7(13(9-3-15)10-4-16)8(2)14(11-5-17)12-6-18/h3-8H,1-2H3,(H,9,15)(H,10,16)(H,11,17)(H,12,18). The Morgan fingerprint density at radius 1 is 0.667 bits per heavy atom. The molecule has 0 aromatic rings. The first-order chi connectivity index (χ1) is 8.62. The van der Waals surface area contributed by atoms with E-state index >= 15 is 0 Å². The molecule has 0 spiro atoms. The van der Waals surface area contributed by atoms with Crippen LogP contribution >= 0.6 is 0 Å². The van der Waals surface area contributed by atoms with Crippen molar-refractivity contribution in [2.75, 3.05) is 0 Å². The number of hydrazine groups is 4. The quantitative estimate of drug-likeness (QED) is 0.232. The Morgan fingerprint density at radius 3 is 1.06 bits per heavy atom. The third kappa shape index (κ3) is 4.76. The van der Waals surface area contributed by atoms with Crippen LogP contribution in [0.2, 0.25) is 0 Å². The maximum absolute atomic E-state index is 10.4. The van der Waals surface area contributed by atoms with Gasteiger partial charge in [0, 0.05) is 0 Å². The Bertz CT molecular complexity index is 241. The van der Waals surface area contributed by atoms with Crippen molar-refractivity contribution in [1.29, 1.82) is 0 Å². The lowest BCUT2D eigenvalue weighted by Gasteiger charge is -2.35. The van der Waals surface area contributed by atoms with E-state index in [2.05, 4.69) is 21.7 Å². The van der Waals surface area contributed by atoms with Gasteiger partial charge in [-0.1, -0.05) is 0 Å². The van der Waals surface area contributed by atoms with Crippen LogP contribution in [0.25, 0.3) is 0 Å². The minimum absolute atomic E-state index is 0.379. The Balaban J connectivity index is 4.70. The first kappa shape index (κ1) is 15.8. The molecule has 0 saturated heterocycles. The smallest absolute Gasteiger partial charge is 0.222 e. The number of carbonyl (C=O) groups is 4. The van der Waals surface area contributed by atoms with Crippen molar-refractivity contribution in [3.05, 3.63) is 0 Å². The fourth-order valence-corrected chi connectivity index (χ4v) is 1.20. The molecule has 2 atom stereocenters. The van der Waals surface area contributed by atoms with E-state index in [9.17, 15) is 19.2 Å². The van der Waals surface area contributed by atoms with Crippen LogP contribution in [-0.4, -0.2) is 48.0 Å². The van der Waals surface area contributed by atoms with Gasteiger partial charge in [-0.25, -0.2) is 0 Å². The number of hydrogen-bond donors (Lipinski definition) is 4. The summed E-state index contributed by atoms with van der Waals surface area (Å²) in [6.07, 6.45) is 1.52. The Kier molecular flexibility index (Phi) is 7.81. The van der Waals surface area contributed by atoms with Crippen LogP contribution in [-0.2, 0) is 19.2 Å². The molecule has 4 N–H and O–H groups in total. The first-order valence-corrected chi connectivity index (χ1v) is 5.00. The number of carbonyl (C=O) groups excluding carboxylic acids is 4. The van der Waals surface area contributed by atoms with Crippen LogP contribution in [0, 0.1) is 0 Å². The Hall–Kier alpha value is -2.20. The van der Waals surface area contributed by atoms with Crippen LogP contribution in [0.15, 0.2) is 0 Å². The van der Waals surface area contributed by atoms with Crippen LogP contribution in [0.3, 0.4) is 0 Å². The largest absolute Gasteiger partial charge is 0.277 e. The van der Waals surface area contributed by atoms with Crippen molar-refractivity contribution in [3.8, 4) is 0 Å². The molecule has 0 radical (unpaired) electrons. The summed E-state index contributed by atoms with van der Waals surface area (Å²) in [4.78, 5) is 41.5. The van der Waals surface area contributed by atoms with Gasteiger partial charge in [0.05, 0.1) is 12.1 Å². The average molecular weight is 260 g/mol. The molecule has 0 saturated carbocycles. The summed E-state index contributed by atoms with van der Waals surface area (Å²) in [5.74, 6) is 0. The highest BCUT2D eigenvalue weighted by atomic mass is 16.2. The van der Waals surface area contributed by atoms with Gasteiger partial charge in [0.1, 0.15) is 0 Å². The number of hydrogen-bond acceptors (Lipinski definition) is 6. The number of nitrogens with one attached hydrogen (secondary N) is 4. The van der Waals surface area contributed by atoms with Crippen molar-refractivity contribution < 1.29 is 19.2 Å². The van der Waals surface area contributed by atoms with E-state index < -0.39 is 12.1 Å². The number of amides is 4. The summed E-state index contributed by atoms with van der Waals surface area (Å²) in [5.41, 5.74) is 9.02. The third-order valence-electron chi connectivity index (χ3n) is 2.28. The maximum atomic E-state index is 10.4. The fourth-order valence-electron chi connectivity index (χ4n) is 1.20. The maximum Gasteiger partial charge on any atom is 0.222 e. The molecule has 2 unspecified atom stereocenters. The topological polar surface area (TPSA) is 123 Å². The highest BCUT2D eigenvalue weighted by molar-refractivity contribution is 5.49. The monoisotopic (exact) mass is 260 g/mol. The lowest BCUT2D eigenvalue weighted by Crippen LogP contribution is -2.63. The first-order valence-electron chi connectivity index (χ1n) is 5.00. The normalized spacial score (nSPS) is 13.3. The Morgan fingerprint density at radius 2 is 0.889 bits per heavy atom. The molecular weight excluding hydrogens is 244 g/mol. The van der Waals surface area contributed by atoms with E-state index in [0.717, 1.165) is 10.2 Å². The molecule has 4 amide bonds. The molecule has 0 aromatic carbocycles. The summed E-state index contributed by atoms with van der Waals surface area (Å²) in [6.45, 7) is 3.31. The SMILES string of the molecule is CC(C(C)N(NC=O)NC=O)N(NC=O)NC=O. The van der Waals surface area contributed by atoms with Gasteiger partial charge >= 0.3 is 0 Å². The van der Waals surface area contributed by atoms with Crippen LogP contribution in [0.5, 0.6) is 0 Å². The van der Waals surface area contributed by atoms with E-state index in [1.54, 1.807) is 13.8 Å². The molecule has 10 heteroatoms. The number of nitrogens with zero attached hydrogens (tertiary/aromatic N) is 2.